The van der Waals surface area contributed by atoms with Gasteiger partial charge in [-0.3, -0.25) is 15.2 Å². The summed E-state index contributed by atoms with van der Waals surface area (Å²) in [5.74, 6) is 0.588. The Balaban J connectivity index is 1.46. The SMILES string of the molecule is C=CCc1cc(/C=C2\C(=N)N3N=C(c4cccnc4)SC3=NC2=O)cc(OC)c1OCc1ccccc1. The molecule has 2 aromatic carbocycles. The molecule has 1 N–H and O–H groups in total. The van der Waals surface area contributed by atoms with Crippen molar-refractivity contribution in [2.75, 3.05) is 7.11 Å². The van der Waals surface area contributed by atoms with Gasteiger partial charge in [-0.25, -0.2) is 0 Å². The number of aromatic nitrogens is 1. The standard InChI is InChI=1S/C28H23N5O3S/c1-3-8-20-13-19(15-23(35-2)24(20)36-17-18-9-5-4-6-10-18)14-22-25(29)33-28(31-26(22)34)37-27(32-33)21-11-7-12-30-16-21/h3-7,9-16,29H,1,8,17H2,2H3/b22-14+,29-25?. The molecule has 0 bridgehead atoms. The second-order valence-corrected chi connectivity index (χ2v) is 9.10. The van der Waals surface area contributed by atoms with E-state index in [2.05, 4.69) is 21.7 Å². The summed E-state index contributed by atoms with van der Waals surface area (Å²) in [6.45, 7) is 4.24. The summed E-state index contributed by atoms with van der Waals surface area (Å²) >= 11 is 1.23. The second kappa shape index (κ2) is 10.6. The number of carbonyl (C=O) groups is 1. The molecule has 1 aromatic heterocycles. The van der Waals surface area contributed by atoms with Crippen molar-refractivity contribution in [1.82, 2.24) is 9.99 Å². The number of rotatable bonds is 8. The van der Waals surface area contributed by atoms with E-state index in [0.717, 1.165) is 16.7 Å². The molecule has 3 aromatic rings. The summed E-state index contributed by atoms with van der Waals surface area (Å²) < 4.78 is 11.8. The van der Waals surface area contributed by atoms with Gasteiger partial charge in [0.05, 0.1) is 12.7 Å². The van der Waals surface area contributed by atoms with Gasteiger partial charge in [0.2, 0.25) is 5.17 Å². The molecule has 9 heteroatoms. The number of pyridine rings is 1. The fourth-order valence-corrected chi connectivity index (χ4v) is 4.77. The molecule has 184 valence electrons. The van der Waals surface area contributed by atoms with Crippen LogP contribution >= 0.6 is 11.8 Å². The molecule has 37 heavy (non-hydrogen) atoms. The van der Waals surface area contributed by atoms with Gasteiger partial charge in [0, 0.05) is 23.5 Å². The van der Waals surface area contributed by atoms with Crippen LogP contribution in [0.4, 0.5) is 0 Å². The van der Waals surface area contributed by atoms with E-state index in [0.29, 0.717) is 40.3 Å². The average Bonchev–Trinajstić information content (AvgIpc) is 3.35. The highest BCUT2D eigenvalue weighted by molar-refractivity contribution is 8.27. The van der Waals surface area contributed by atoms with Crippen LogP contribution in [-0.4, -0.2) is 39.1 Å². The number of carbonyl (C=O) groups excluding carboxylic acids is 1. The summed E-state index contributed by atoms with van der Waals surface area (Å²) in [7, 11) is 1.57. The Morgan fingerprint density at radius 1 is 1.16 bits per heavy atom. The molecular weight excluding hydrogens is 486 g/mol. The van der Waals surface area contributed by atoms with Crippen LogP contribution in [0.1, 0.15) is 22.3 Å². The number of hydrogen-bond acceptors (Lipinski definition) is 7. The maximum absolute atomic E-state index is 12.9. The lowest BCUT2D eigenvalue weighted by atomic mass is 10.0. The van der Waals surface area contributed by atoms with Crippen molar-refractivity contribution in [2.24, 2.45) is 10.1 Å². The Kier molecular flexibility index (Phi) is 6.96. The molecule has 0 unspecified atom stereocenters. The fourth-order valence-electron chi connectivity index (χ4n) is 3.88. The molecule has 0 radical (unpaired) electrons. The first-order chi connectivity index (χ1) is 18.1. The van der Waals surface area contributed by atoms with Crippen LogP contribution in [0.25, 0.3) is 6.08 Å². The Morgan fingerprint density at radius 2 is 2.00 bits per heavy atom. The summed E-state index contributed by atoms with van der Waals surface area (Å²) in [6.07, 6.45) is 7.30. The number of allylic oxidation sites excluding steroid dienone is 1. The maximum atomic E-state index is 12.9. The highest BCUT2D eigenvalue weighted by Gasteiger charge is 2.36. The highest BCUT2D eigenvalue weighted by Crippen LogP contribution is 2.36. The van der Waals surface area contributed by atoms with E-state index in [-0.39, 0.29) is 11.4 Å². The second-order valence-electron chi connectivity index (χ2n) is 8.15. The molecule has 3 heterocycles. The predicted molar refractivity (Wildman–Crippen MR) is 146 cm³/mol. The van der Waals surface area contributed by atoms with E-state index >= 15 is 0 Å². The van der Waals surface area contributed by atoms with Crippen molar-refractivity contribution in [3.63, 3.8) is 0 Å². The molecule has 0 fully saturated rings. The first-order valence-corrected chi connectivity index (χ1v) is 12.3. The number of ether oxygens (including phenoxy) is 2. The van der Waals surface area contributed by atoms with E-state index in [1.165, 1.54) is 16.8 Å². The Hall–Kier alpha value is -4.50. The smallest absolute Gasteiger partial charge is 0.283 e. The molecule has 0 atom stereocenters. The molecule has 2 aliphatic rings. The number of methoxy groups -OCH3 is 1. The summed E-state index contributed by atoms with van der Waals surface area (Å²) in [5, 5.41) is 15.5. The van der Waals surface area contributed by atoms with E-state index in [1.807, 2.05) is 42.5 Å². The molecule has 2 aliphatic heterocycles. The van der Waals surface area contributed by atoms with Crippen molar-refractivity contribution in [3.05, 3.63) is 107 Å². The predicted octanol–water partition coefficient (Wildman–Crippen LogP) is 5.07. The third-order valence-electron chi connectivity index (χ3n) is 5.64. The maximum Gasteiger partial charge on any atom is 0.283 e. The minimum atomic E-state index is -0.500. The first-order valence-electron chi connectivity index (χ1n) is 11.5. The zero-order valence-corrected chi connectivity index (χ0v) is 20.9. The van der Waals surface area contributed by atoms with Gasteiger partial charge < -0.3 is 9.47 Å². The molecule has 0 saturated heterocycles. The number of hydrazone groups is 1. The van der Waals surface area contributed by atoms with E-state index < -0.39 is 5.91 Å². The van der Waals surface area contributed by atoms with Crippen molar-refractivity contribution in [3.8, 4) is 11.5 Å². The quantitative estimate of drug-likeness (QED) is 0.336. The van der Waals surface area contributed by atoms with Crippen LogP contribution in [-0.2, 0) is 17.8 Å². The van der Waals surface area contributed by atoms with Crippen molar-refractivity contribution >= 4 is 39.8 Å². The lowest BCUT2D eigenvalue weighted by molar-refractivity contribution is -0.114. The summed E-state index contributed by atoms with van der Waals surface area (Å²) in [5.41, 5.74) is 3.48. The number of amidine groups is 2. The zero-order valence-electron chi connectivity index (χ0n) is 20.0. The molecule has 0 saturated carbocycles. The molecule has 0 aliphatic carbocycles. The highest BCUT2D eigenvalue weighted by atomic mass is 32.2. The lowest BCUT2D eigenvalue weighted by Gasteiger charge is -2.20. The Morgan fingerprint density at radius 3 is 2.73 bits per heavy atom. The van der Waals surface area contributed by atoms with Gasteiger partial charge >= 0.3 is 0 Å². The zero-order chi connectivity index (χ0) is 25.8. The summed E-state index contributed by atoms with van der Waals surface area (Å²) in [4.78, 5) is 21.2. The third-order valence-corrected chi connectivity index (χ3v) is 6.60. The van der Waals surface area contributed by atoms with Gasteiger partial charge in [0.15, 0.2) is 17.3 Å². The number of hydrogen-bond donors (Lipinski definition) is 1. The van der Waals surface area contributed by atoms with E-state index in [1.54, 1.807) is 43.8 Å². The van der Waals surface area contributed by atoms with Gasteiger partial charge in [-0.1, -0.05) is 36.4 Å². The van der Waals surface area contributed by atoms with E-state index in [9.17, 15) is 4.79 Å². The number of fused-ring (bicyclic) bond motifs is 1. The Bertz CT molecular complexity index is 1470. The molecule has 8 nitrogen and oxygen atoms in total. The van der Waals surface area contributed by atoms with Crippen LogP contribution in [0.5, 0.6) is 11.5 Å². The van der Waals surface area contributed by atoms with Crippen molar-refractivity contribution < 1.29 is 14.3 Å². The van der Waals surface area contributed by atoms with Crippen LogP contribution in [0.2, 0.25) is 0 Å². The average molecular weight is 510 g/mol. The monoisotopic (exact) mass is 509 g/mol. The minimum Gasteiger partial charge on any atom is -0.493 e. The number of nitrogens with one attached hydrogen (secondary N) is 1. The fraction of sp³-hybridized carbons (Fsp3) is 0.107. The molecule has 1 amide bonds. The van der Waals surface area contributed by atoms with Crippen LogP contribution in [0.15, 0.2) is 95.3 Å². The van der Waals surface area contributed by atoms with Gasteiger partial charge in [0.1, 0.15) is 11.7 Å². The van der Waals surface area contributed by atoms with Crippen LogP contribution in [0, 0.1) is 5.41 Å². The lowest BCUT2D eigenvalue weighted by Crippen LogP contribution is -2.35. The topological polar surface area (TPSA) is 100 Å². The number of aliphatic imine (C=N–C) groups is 1. The molecule has 0 spiro atoms. The minimum absolute atomic E-state index is 0.0463. The van der Waals surface area contributed by atoms with Gasteiger partial charge in [-0.2, -0.15) is 15.1 Å². The number of benzene rings is 2. The van der Waals surface area contributed by atoms with Gasteiger partial charge in [0.25, 0.3) is 5.91 Å². The number of thioether (sulfide) groups is 1. The van der Waals surface area contributed by atoms with Crippen molar-refractivity contribution in [1.29, 1.82) is 5.41 Å². The number of nitrogens with zero attached hydrogens (tertiary/aromatic N) is 4. The third kappa shape index (κ3) is 5.07. The first kappa shape index (κ1) is 24.2. The van der Waals surface area contributed by atoms with E-state index in [4.69, 9.17) is 14.9 Å². The summed E-state index contributed by atoms with van der Waals surface area (Å²) in [6, 6.07) is 17.2. The Labute approximate surface area is 218 Å². The largest absolute Gasteiger partial charge is 0.493 e. The number of amides is 1. The van der Waals surface area contributed by atoms with Crippen LogP contribution < -0.4 is 9.47 Å². The van der Waals surface area contributed by atoms with Crippen LogP contribution in [0.3, 0.4) is 0 Å². The van der Waals surface area contributed by atoms with Gasteiger partial charge in [-0.05, 0) is 59.7 Å². The normalized spacial score (nSPS) is 15.8. The molecular formula is C28H23N5O3S. The van der Waals surface area contributed by atoms with Crippen molar-refractivity contribution in [2.45, 2.75) is 13.0 Å². The molecule has 5 rings (SSSR count). The van der Waals surface area contributed by atoms with Gasteiger partial charge in [-0.15, -0.1) is 6.58 Å².